The van der Waals surface area contributed by atoms with Gasteiger partial charge in [-0.3, -0.25) is 0 Å². The molecule has 0 radical (unpaired) electrons. The molecule has 4 heterocycles. The summed E-state index contributed by atoms with van der Waals surface area (Å²) in [6.45, 7) is 1.16. The second kappa shape index (κ2) is 6.97. The first-order chi connectivity index (χ1) is 11.8. The Bertz CT molecular complexity index is 547. The van der Waals surface area contributed by atoms with Crippen LogP contribution in [0.4, 0.5) is 4.79 Å². The minimum atomic E-state index is -0.186. The highest BCUT2D eigenvalue weighted by atomic mass is 16.6. The van der Waals surface area contributed by atoms with Crippen molar-refractivity contribution in [2.45, 2.75) is 62.8 Å². The number of hydrogen-bond acceptors (Lipinski definition) is 5. The Morgan fingerprint density at radius 2 is 2.08 bits per heavy atom. The molecule has 3 fully saturated rings. The molecule has 2 bridgehead atoms. The molecule has 0 aliphatic carbocycles. The van der Waals surface area contributed by atoms with E-state index in [0.29, 0.717) is 12.5 Å². The van der Waals surface area contributed by atoms with Gasteiger partial charge in [-0.15, -0.1) is 0 Å². The fourth-order valence-corrected chi connectivity index (χ4v) is 4.12. The van der Waals surface area contributed by atoms with Crippen molar-refractivity contribution < 1.29 is 19.0 Å². The van der Waals surface area contributed by atoms with Crippen LogP contribution in [-0.2, 0) is 9.47 Å². The lowest BCUT2D eigenvalue weighted by molar-refractivity contribution is 0.00471. The average molecular weight is 332 g/mol. The Hall–Kier alpha value is -1.82. The second-order valence-corrected chi connectivity index (χ2v) is 6.88. The van der Waals surface area contributed by atoms with Gasteiger partial charge in [0, 0.05) is 43.8 Å². The van der Waals surface area contributed by atoms with E-state index in [1.54, 1.807) is 6.20 Å². The number of pyridine rings is 1. The summed E-state index contributed by atoms with van der Waals surface area (Å²) < 4.78 is 17.0. The van der Waals surface area contributed by atoms with Crippen LogP contribution < -0.4 is 4.74 Å². The van der Waals surface area contributed by atoms with Gasteiger partial charge < -0.3 is 19.1 Å². The van der Waals surface area contributed by atoms with Gasteiger partial charge in [-0.05, 0) is 31.7 Å². The third kappa shape index (κ3) is 3.34. The molecule has 3 atom stereocenters. The topological polar surface area (TPSA) is 60.9 Å². The molecule has 1 aromatic heterocycles. The van der Waals surface area contributed by atoms with Gasteiger partial charge in [-0.1, -0.05) is 6.07 Å². The van der Waals surface area contributed by atoms with Gasteiger partial charge in [-0.2, -0.15) is 0 Å². The quantitative estimate of drug-likeness (QED) is 0.848. The lowest BCUT2D eigenvalue weighted by Gasteiger charge is -2.38. The van der Waals surface area contributed by atoms with Crippen LogP contribution in [0.15, 0.2) is 24.4 Å². The Morgan fingerprint density at radius 3 is 2.75 bits per heavy atom. The summed E-state index contributed by atoms with van der Waals surface area (Å²) >= 11 is 0. The van der Waals surface area contributed by atoms with Crippen LogP contribution in [-0.4, -0.2) is 53.5 Å². The SMILES string of the molecule is O=C(OCC1CCCO1)N1C2CCC1CC(Oc1ccccn1)C2. The monoisotopic (exact) mass is 332 g/mol. The van der Waals surface area contributed by atoms with Crippen molar-refractivity contribution in [2.75, 3.05) is 13.2 Å². The van der Waals surface area contributed by atoms with E-state index in [0.717, 1.165) is 45.1 Å². The molecule has 0 spiro atoms. The van der Waals surface area contributed by atoms with E-state index in [-0.39, 0.29) is 30.4 Å². The zero-order valence-corrected chi connectivity index (χ0v) is 13.8. The fraction of sp³-hybridized carbons (Fsp3) is 0.667. The molecule has 3 aliphatic rings. The molecule has 0 N–H and O–H groups in total. The van der Waals surface area contributed by atoms with E-state index < -0.39 is 0 Å². The summed E-state index contributed by atoms with van der Waals surface area (Å²) in [5, 5.41) is 0. The molecule has 1 amide bonds. The van der Waals surface area contributed by atoms with Crippen LogP contribution in [0.2, 0.25) is 0 Å². The van der Waals surface area contributed by atoms with Crippen LogP contribution in [0.5, 0.6) is 5.88 Å². The second-order valence-electron chi connectivity index (χ2n) is 6.88. The standard InChI is InChI=1S/C18H24N2O4/c21-18(23-12-15-4-3-9-22-15)20-13-6-7-14(20)11-16(10-13)24-17-5-1-2-8-19-17/h1-2,5,8,13-16H,3-4,6-7,9-12H2. The van der Waals surface area contributed by atoms with Gasteiger partial charge >= 0.3 is 6.09 Å². The van der Waals surface area contributed by atoms with Crippen molar-refractivity contribution in [1.29, 1.82) is 0 Å². The first-order valence-electron chi connectivity index (χ1n) is 8.94. The Morgan fingerprint density at radius 1 is 1.25 bits per heavy atom. The first-order valence-corrected chi connectivity index (χ1v) is 8.94. The molecule has 6 heteroatoms. The predicted molar refractivity (Wildman–Crippen MR) is 86.9 cm³/mol. The molecule has 0 aromatic carbocycles. The highest BCUT2D eigenvalue weighted by Crippen LogP contribution is 2.37. The number of nitrogens with zero attached hydrogens (tertiary/aromatic N) is 2. The summed E-state index contributed by atoms with van der Waals surface area (Å²) in [4.78, 5) is 18.6. The van der Waals surface area contributed by atoms with Crippen LogP contribution >= 0.6 is 0 Å². The number of ether oxygens (including phenoxy) is 3. The van der Waals surface area contributed by atoms with Crippen LogP contribution in [0.25, 0.3) is 0 Å². The average Bonchev–Trinajstić information content (AvgIpc) is 3.20. The number of amides is 1. The van der Waals surface area contributed by atoms with Gasteiger partial charge in [0.05, 0.1) is 6.10 Å². The van der Waals surface area contributed by atoms with Crippen molar-refractivity contribution in [3.05, 3.63) is 24.4 Å². The maximum Gasteiger partial charge on any atom is 0.410 e. The number of carbonyl (C=O) groups is 1. The number of hydrogen-bond donors (Lipinski definition) is 0. The molecule has 1 aromatic rings. The number of fused-ring (bicyclic) bond motifs is 2. The molecule has 3 aliphatic heterocycles. The maximum atomic E-state index is 12.5. The summed E-state index contributed by atoms with van der Waals surface area (Å²) in [5.74, 6) is 0.663. The summed E-state index contributed by atoms with van der Waals surface area (Å²) in [5.41, 5.74) is 0. The number of carbonyl (C=O) groups excluding carboxylic acids is 1. The van der Waals surface area contributed by atoms with E-state index in [2.05, 4.69) is 4.98 Å². The lowest BCUT2D eigenvalue weighted by atomic mass is 10.0. The normalized spacial score (nSPS) is 31.9. The van der Waals surface area contributed by atoms with Gasteiger partial charge in [-0.25, -0.2) is 9.78 Å². The van der Waals surface area contributed by atoms with Gasteiger partial charge in [0.25, 0.3) is 0 Å². The Balaban J connectivity index is 1.32. The summed E-state index contributed by atoms with van der Waals surface area (Å²) in [7, 11) is 0. The minimum absolute atomic E-state index is 0.0802. The van der Waals surface area contributed by atoms with E-state index in [1.807, 2.05) is 23.1 Å². The van der Waals surface area contributed by atoms with Crippen molar-refractivity contribution in [3.8, 4) is 5.88 Å². The molecule has 0 saturated carbocycles. The highest BCUT2D eigenvalue weighted by molar-refractivity contribution is 5.69. The molecule has 130 valence electrons. The third-order valence-electron chi connectivity index (χ3n) is 5.24. The number of piperidine rings is 1. The first kappa shape index (κ1) is 15.7. The number of rotatable bonds is 4. The van der Waals surface area contributed by atoms with Gasteiger partial charge in [0.1, 0.15) is 12.7 Å². The van der Waals surface area contributed by atoms with E-state index in [4.69, 9.17) is 14.2 Å². The summed E-state index contributed by atoms with van der Waals surface area (Å²) in [6, 6.07) is 6.12. The molecule has 3 saturated heterocycles. The molecule has 4 rings (SSSR count). The van der Waals surface area contributed by atoms with E-state index in [1.165, 1.54) is 0 Å². The van der Waals surface area contributed by atoms with Crippen molar-refractivity contribution >= 4 is 6.09 Å². The smallest absolute Gasteiger partial charge is 0.410 e. The summed E-state index contributed by atoms with van der Waals surface area (Å²) in [6.07, 6.45) is 7.56. The lowest BCUT2D eigenvalue weighted by Crippen LogP contribution is -2.49. The zero-order chi connectivity index (χ0) is 16.4. The zero-order valence-electron chi connectivity index (χ0n) is 13.8. The van der Waals surface area contributed by atoms with Crippen LogP contribution in [0.1, 0.15) is 38.5 Å². The minimum Gasteiger partial charge on any atom is -0.474 e. The Labute approximate surface area is 142 Å². The molecule has 3 unspecified atom stereocenters. The van der Waals surface area contributed by atoms with Crippen LogP contribution in [0, 0.1) is 0 Å². The maximum absolute atomic E-state index is 12.5. The van der Waals surface area contributed by atoms with E-state index in [9.17, 15) is 4.79 Å². The Kier molecular flexibility index (Phi) is 4.56. The third-order valence-corrected chi connectivity index (χ3v) is 5.24. The molecule has 6 nitrogen and oxygen atoms in total. The molecular formula is C18H24N2O4. The van der Waals surface area contributed by atoms with Gasteiger partial charge in [0.2, 0.25) is 5.88 Å². The highest BCUT2D eigenvalue weighted by Gasteiger charge is 2.45. The number of aromatic nitrogens is 1. The fourth-order valence-electron chi connectivity index (χ4n) is 4.12. The van der Waals surface area contributed by atoms with Crippen molar-refractivity contribution in [1.82, 2.24) is 9.88 Å². The largest absolute Gasteiger partial charge is 0.474 e. The van der Waals surface area contributed by atoms with E-state index >= 15 is 0 Å². The van der Waals surface area contributed by atoms with Crippen molar-refractivity contribution in [2.24, 2.45) is 0 Å². The van der Waals surface area contributed by atoms with Crippen LogP contribution in [0.3, 0.4) is 0 Å². The molecule has 24 heavy (non-hydrogen) atoms. The predicted octanol–water partition coefficient (Wildman–Crippen LogP) is 2.77. The van der Waals surface area contributed by atoms with Gasteiger partial charge in [0.15, 0.2) is 0 Å². The molecular weight excluding hydrogens is 308 g/mol. The van der Waals surface area contributed by atoms with Crippen molar-refractivity contribution in [3.63, 3.8) is 0 Å².